The molecule has 0 heteroatoms. The molecule has 0 aromatic carbocycles. The lowest BCUT2D eigenvalue weighted by molar-refractivity contribution is 0.728. The quantitative estimate of drug-likeness (QED) is 0.386. The molecule has 0 aliphatic carbocycles. The van der Waals surface area contributed by atoms with Gasteiger partial charge in [0.15, 0.2) is 0 Å². The van der Waals surface area contributed by atoms with Gasteiger partial charge in [-0.3, -0.25) is 0 Å². The summed E-state index contributed by atoms with van der Waals surface area (Å²) in [5.74, 6) is 0. The first-order chi connectivity index (χ1) is 5.91. The van der Waals surface area contributed by atoms with E-state index in [0.717, 1.165) is 0 Å². The fourth-order valence-corrected chi connectivity index (χ4v) is 1.11. The lowest BCUT2D eigenvalue weighted by atomic mass is 10.2. The van der Waals surface area contributed by atoms with Gasteiger partial charge in [-0.25, -0.2) is 0 Å². The van der Waals surface area contributed by atoms with Crippen LogP contribution in [0.3, 0.4) is 0 Å². The average molecular weight is 166 g/mol. The monoisotopic (exact) mass is 166 g/mol. The van der Waals surface area contributed by atoms with Crippen LogP contribution in [0.15, 0.2) is 24.3 Å². The van der Waals surface area contributed by atoms with Crippen molar-refractivity contribution in [1.29, 1.82) is 0 Å². The third-order valence-corrected chi connectivity index (χ3v) is 1.88. The molecule has 0 amide bonds. The minimum Gasteiger partial charge on any atom is -0.0917 e. The van der Waals surface area contributed by atoms with E-state index in [2.05, 4.69) is 38.2 Å². The zero-order valence-electron chi connectivity index (χ0n) is 8.55. The Morgan fingerprint density at radius 2 is 1.50 bits per heavy atom. The highest BCUT2D eigenvalue weighted by atomic mass is 13.9. The van der Waals surface area contributed by atoms with Gasteiger partial charge in [-0.05, 0) is 32.6 Å². The van der Waals surface area contributed by atoms with Crippen LogP contribution in [0, 0.1) is 0 Å². The van der Waals surface area contributed by atoms with Crippen LogP contribution in [0.25, 0.3) is 0 Å². The topological polar surface area (TPSA) is 0 Å². The summed E-state index contributed by atoms with van der Waals surface area (Å²) >= 11 is 0. The SMILES string of the molecule is CC=CCCC=CCCCCC. The third kappa shape index (κ3) is 9.48. The van der Waals surface area contributed by atoms with Crippen molar-refractivity contribution >= 4 is 0 Å². The highest BCUT2D eigenvalue weighted by molar-refractivity contribution is 4.86. The first kappa shape index (κ1) is 11.5. The van der Waals surface area contributed by atoms with E-state index in [4.69, 9.17) is 0 Å². The molecule has 0 heterocycles. The number of hydrogen-bond acceptors (Lipinski definition) is 0. The van der Waals surface area contributed by atoms with E-state index in [1.807, 2.05) is 0 Å². The van der Waals surface area contributed by atoms with Crippen molar-refractivity contribution < 1.29 is 0 Å². The third-order valence-electron chi connectivity index (χ3n) is 1.88. The van der Waals surface area contributed by atoms with Gasteiger partial charge in [-0.2, -0.15) is 0 Å². The van der Waals surface area contributed by atoms with E-state index < -0.39 is 0 Å². The molecule has 0 saturated carbocycles. The predicted molar refractivity (Wildman–Crippen MR) is 57.3 cm³/mol. The second-order valence-corrected chi connectivity index (χ2v) is 3.11. The Morgan fingerprint density at radius 3 is 2.17 bits per heavy atom. The number of unbranched alkanes of at least 4 members (excludes halogenated alkanes) is 4. The second-order valence-electron chi connectivity index (χ2n) is 3.11. The first-order valence-electron chi connectivity index (χ1n) is 5.18. The average Bonchev–Trinajstić information content (AvgIpc) is 2.10. The summed E-state index contributed by atoms with van der Waals surface area (Å²) in [6, 6.07) is 0. The van der Waals surface area contributed by atoms with Gasteiger partial charge in [0.1, 0.15) is 0 Å². The fourth-order valence-electron chi connectivity index (χ4n) is 1.11. The number of rotatable bonds is 7. The van der Waals surface area contributed by atoms with Gasteiger partial charge < -0.3 is 0 Å². The van der Waals surface area contributed by atoms with Gasteiger partial charge in [0, 0.05) is 0 Å². The fraction of sp³-hybridized carbons (Fsp3) is 0.667. The van der Waals surface area contributed by atoms with Crippen molar-refractivity contribution in [3.05, 3.63) is 24.3 Å². The van der Waals surface area contributed by atoms with Crippen LogP contribution < -0.4 is 0 Å². The van der Waals surface area contributed by atoms with Gasteiger partial charge in [0.05, 0.1) is 0 Å². The Kier molecular flexibility index (Phi) is 10.0. The molecule has 0 spiro atoms. The van der Waals surface area contributed by atoms with E-state index in [1.54, 1.807) is 0 Å². The standard InChI is InChI=1S/C12H22/c1-3-5-7-9-11-12-10-8-6-4-2/h3,5,11-12H,4,6-10H2,1-2H3. The Balaban J connectivity index is 3.03. The molecule has 0 bridgehead atoms. The summed E-state index contributed by atoms with van der Waals surface area (Å²) in [5, 5.41) is 0. The van der Waals surface area contributed by atoms with E-state index >= 15 is 0 Å². The molecule has 0 atom stereocenters. The predicted octanol–water partition coefficient (Wildman–Crippen LogP) is 4.48. The molecule has 0 aliphatic rings. The molecule has 70 valence electrons. The molecule has 0 nitrogen and oxygen atoms in total. The highest BCUT2D eigenvalue weighted by Crippen LogP contribution is 2.01. The molecule has 0 radical (unpaired) electrons. The Hall–Kier alpha value is -0.520. The van der Waals surface area contributed by atoms with Crippen LogP contribution in [-0.4, -0.2) is 0 Å². The molecule has 0 fully saturated rings. The summed E-state index contributed by atoms with van der Waals surface area (Å²) in [6.07, 6.45) is 16.7. The van der Waals surface area contributed by atoms with Crippen molar-refractivity contribution in [1.82, 2.24) is 0 Å². The van der Waals surface area contributed by atoms with Crippen LogP contribution >= 0.6 is 0 Å². The van der Waals surface area contributed by atoms with E-state index in [9.17, 15) is 0 Å². The lowest BCUT2D eigenvalue weighted by Crippen LogP contribution is -1.71. The molecule has 0 unspecified atom stereocenters. The summed E-state index contributed by atoms with van der Waals surface area (Å²) in [4.78, 5) is 0. The van der Waals surface area contributed by atoms with Crippen LogP contribution in [0.1, 0.15) is 52.4 Å². The van der Waals surface area contributed by atoms with Crippen molar-refractivity contribution in [2.45, 2.75) is 52.4 Å². The Bertz CT molecular complexity index is 120. The van der Waals surface area contributed by atoms with Gasteiger partial charge >= 0.3 is 0 Å². The largest absolute Gasteiger partial charge is 0.0917 e. The van der Waals surface area contributed by atoms with Crippen LogP contribution in [-0.2, 0) is 0 Å². The molecule has 0 rings (SSSR count). The molecule has 0 N–H and O–H groups in total. The smallest absolute Gasteiger partial charge is 0.0316 e. The maximum atomic E-state index is 2.32. The van der Waals surface area contributed by atoms with Crippen LogP contribution in [0.2, 0.25) is 0 Å². The minimum absolute atomic E-state index is 1.20. The van der Waals surface area contributed by atoms with E-state index in [1.165, 1.54) is 38.5 Å². The number of allylic oxidation sites excluding steroid dienone is 4. The van der Waals surface area contributed by atoms with Gasteiger partial charge in [0.25, 0.3) is 0 Å². The molecule has 0 aromatic rings. The zero-order chi connectivity index (χ0) is 9.07. The number of hydrogen-bond donors (Lipinski definition) is 0. The maximum absolute atomic E-state index is 2.32. The summed E-state index contributed by atoms with van der Waals surface area (Å²) in [7, 11) is 0. The van der Waals surface area contributed by atoms with E-state index in [0.29, 0.717) is 0 Å². The van der Waals surface area contributed by atoms with E-state index in [-0.39, 0.29) is 0 Å². The zero-order valence-corrected chi connectivity index (χ0v) is 8.55. The lowest BCUT2D eigenvalue weighted by Gasteiger charge is -1.91. The second kappa shape index (κ2) is 10.5. The normalized spacial score (nSPS) is 11.8. The molecule has 0 aliphatic heterocycles. The minimum atomic E-state index is 1.20. The van der Waals surface area contributed by atoms with Crippen molar-refractivity contribution in [2.24, 2.45) is 0 Å². The van der Waals surface area contributed by atoms with Crippen LogP contribution in [0.5, 0.6) is 0 Å². The summed E-state index contributed by atoms with van der Waals surface area (Å²) < 4.78 is 0. The van der Waals surface area contributed by atoms with Crippen LogP contribution in [0.4, 0.5) is 0 Å². The summed E-state index contributed by atoms with van der Waals surface area (Å²) in [6.45, 7) is 4.32. The molecule has 0 aromatic heterocycles. The Morgan fingerprint density at radius 1 is 0.833 bits per heavy atom. The van der Waals surface area contributed by atoms with Crippen molar-refractivity contribution in [3.63, 3.8) is 0 Å². The van der Waals surface area contributed by atoms with Gasteiger partial charge in [-0.1, -0.05) is 44.1 Å². The van der Waals surface area contributed by atoms with Gasteiger partial charge in [0.2, 0.25) is 0 Å². The Labute approximate surface area is 77.4 Å². The molecular formula is C12H22. The summed E-state index contributed by atoms with van der Waals surface area (Å²) in [5.41, 5.74) is 0. The first-order valence-corrected chi connectivity index (χ1v) is 5.18. The highest BCUT2D eigenvalue weighted by Gasteiger charge is 1.81. The maximum Gasteiger partial charge on any atom is -0.0316 e. The van der Waals surface area contributed by atoms with Crippen molar-refractivity contribution in [3.8, 4) is 0 Å². The molecule has 12 heavy (non-hydrogen) atoms. The molecular weight excluding hydrogens is 144 g/mol. The van der Waals surface area contributed by atoms with Gasteiger partial charge in [-0.15, -0.1) is 0 Å². The van der Waals surface area contributed by atoms with Crippen molar-refractivity contribution in [2.75, 3.05) is 0 Å². The molecule has 0 saturated heterocycles.